The van der Waals surface area contributed by atoms with Gasteiger partial charge in [0.05, 0.1) is 0 Å². The Balaban J connectivity index is 2.46. The molecular weight excluding hydrogens is 142 g/mol. The third-order valence-corrected chi connectivity index (χ3v) is 2.78. The first-order valence-corrected chi connectivity index (χ1v) is 5.39. The minimum Gasteiger partial charge on any atom is -0.0827 e. The Hall–Kier alpha value is 0.130. The van der Waals surface area contributed by atoms with E-state index < -0.39 is 0 Å². The first-order chi connectivity index (χ1) is 5.68. The van der Waals surface area contributed by atoms with E-state index in [9.17, 15) is 0 Å². The number of hydrogen-bond acceptors (Lipinski definition) is 0. The molecule has 0 bridgehead atoms. The van der Waals surface area contributed by atoms with Crippen molar-refractivity contribution in [3.63, 3.8) is 0 Å². The quantitative estimate of drug-likeness (QED) is 0.555. The van der Waals surface area contributed by atoms with Crippen molar-refractivity contribution in [2.75, 3.05) is 0 Å². The fourth-order valence-corrected chi connectivity index (χ4v) is 2.51. The van der Waals surface area contributed by atoms with Crippen molar-refractivity contribution in [2.24, 2.45) is 0 Å². The van der Waals surface area contributed by atoms with Crippen molar-refractivity contribution in [3.8, 4) is 0 Å². The molecule has 0 aromatic heterocycles. The van der Waals surface area contributed by atoms with Crippen molar-refractivity contribution in [3.05, 3.63) is 0 Å². The van der Waals surface area contributed by atoms with E-state index in [2.05, 4.69) is 35.3 Å². The SMILES string of the molecule is CCCC1([B]C(C)C)[B]CCC1. The number of hydrogen-bond donors (Lipinski definition) is 0. The molecule has 1 saturated heterocycles. The van der Waals surface area contributed by atoms with E-state index in [0.717, 1.165) is 5.82 Å². The second-order valence-electron chi connectivity index (χ2n) is 4.49. The lowest BCUT2D eigenvalue weighted by molar-refractivity contribution is 0.618. The Bertz CT molecular complexity index is 126. The molecule has 0 saturated carbocycles. The third-order valence-electron chi connectivity index (χ3n) is 2.78. The zero-order chi connectivity index (χ0) is 9.03. The van der Waals surface area contributed by atoms with Crippen molar-refractivity contribution in [1.82, 2.24) is 0 Å². The first-order valence-electron chi connectivity index (χ1n) is 5.39. The van der Waals surface area contributed by atoms with Gasteiger partial charge >= 0.3 is 0 Å². The van der Waals surface area contributed by atoms with Gasteiger partial charge in [-0.15, -0.1) is 0 Å². The van der Waals surface area contributed by atoms with Crippen LogP contribution in [0.3, 0.4) is 0 Å². The maximum absolute atomic E-state index is 2.56. The van der Waals surface area contributed by atoms with E-state index in [0.29, 0.717) is 5.21 Å². The van der Waals surface area contributed by atoms with Gasteiger partial charge in [-0.05, 0) is 0 Å². The molecule has 1 aliphatic rings. The summed E-state index contributed by atoms with van der Waals surface area (Å²) in [7, 11) is 5.11. The van der Waals surface area contributed by atoms with Crippen molar-refractivity contribution >= 4 is 14.6 Å². The molecule has 1 atom stereocenters. The maximum atomic E-state index is 2.56. The predicted octanol–water partition coefficient (Wildman–Crippen LogP) is 3.35. The van der Waals surface area contributed by atoms with E-state index in [1.807, 2.05) is 0 Å². The predicted molar refractivity (Wildman–Crippen MR) is 58.2 cm³/mol. The molecule has 0 nitrogen and oxygen atoms in total. The smallest absolute Gasteiger partial charge is 0.0827 e. The molecule has 0 N–H and O–H groups in total. The Morgan fingerprint density at radius 2 is 2.25 bits per heavy atom. The zero-order valence-corrected chi connectivity index (χ0v) is 8.77. The molecule has 0 aromatic carbocycles. The van der Waals surface area contributed by atoms with Crippen LogP contribution in [0.2, 0.25) is 17.4 Å². The van der Waals surface area contributed by atoms with Gasteiger partial charge in [-0.2, -0.15) is 0 Å². The van der Waals surface area contributed by atoms with Crippen molar-refractivity contribution in [1.29, 1.82) is 0 Å². The Morgan fingerprint density at radius 1 is 1.50 bits per heavy atom. The van der Waals surface area contributed by atoms with Crippen LogP contribution in [0.5, 0.6) is 0 Å². The lowest BCUT2D eigenvalue weighted by Crippen LogP contribution is -2.24. The second kappa shape index (κ2) is 4.39. The molecule has 0 spiro atoms. The summed E-state index contributed by atoms with van der Waals surface area (Å²) in [6.07, 6.45) is 6.83. The molecule has 1 aliphatic heterocycles. The summed E-state index contributed by atoms with van der Waals surface area (Å²) >= 11 is 0. The van der Waals surface area contributed by atoms with E-state index in [1.54, 1.807) is 0 Å². The molecule has 1 rings (SSSR count). The van der Waals surface area contributed by atoms with Crippen LogP contribution in [0.4, 0.5) is 0 Å². The molecule has 1 heterocycles. The summed E-state index contributed by atoms with van der Waals surface area (Å²) in [5.41, 5.74) is 0. The standard InChI is InChI=1S/C10H20B2/c1-4-6-10(12-9(2)3)7-5-8-11-10/h9H,4-8H2,1-3H3. The Morgan fingerprint density at radius 3 is 2.67 bits per heavy atom. The average Bonchev–Trinajstić information content (AvgIpc) is 2.36. The molecular formula is C10H20B2. The fraction of sp³-hybridized carbons (Fsp3) is 1.00. The van der Waals surface area contributed by atoms with E-state index >= 15 is 0 Å². The van der Waals surface area contributed by atoms with Crippen LogP contribution in [-0.4, -0.2) is 14.6 Å². The highest BCUT2D eigenvalue weighted by molar-refractivity contribution is 6.63. The molecule has 2 radical (unpaired) electrons. The van der Waals surface area contributed by atoms with Crippen LogP contribution in [0.1, 0.15) is 46.5 Å². The van der Waals surface area contributed by atoms with Gasteiger partial charge < -0.3 is 0 Å². The molecule has 0 amide bonds. The zero-order valence-electron chi connectivity index (χ0n) is 8.77. The molecule has 1 unspecified atom stereocenters. The Kier molecular flexibility index (Phi) is 3.74. The topological polar surface area (TPSA) is 0 Å². The van der Waals surface area contributed by atoms with Gasteiger partial charge in [-0.25, -0.2) is 0 Å². The van der Waals surface area contributed by atoms with Gasteiger partial charge in [0.25, 0.3) is 0 Å². The van der Waals surface area contributed by atoms with Crippen molar-refractivity contribution in [2.45, 2.75) is 63.8 Å². The average molecular weight is 162 g/mol. The van der Waals surface area contributed by atoms with Gasteiger partial charge in [0.2, 0.25) is 0 Å². The molecule has 0 aromatic rings. The largest absolute Gasteiger partial charge is 0.111 e. The van der Waals surface area contributed by atoms with Gasteiger partial charge in [-0.1, -0.05) is 63.8 Å². The summed E-state index contributed by atoms with van der Waals surface area (Å²) in [4.78, 5) is 0. The third kappa shape index (κ3) is 2.57. The van der Waals surface area contributed by atoms with Crippen LogP contribution >= 0.6 is 0 Å². The molecule has 66 valence electrons. The van der Waals surface area contributed by atoms with Gasteiger partial charge in [0.15, 0.2) is 0 Å². The highest BCUT2D eigenvalue weighted by Gasteiger charge is 2.34. The highest BCUT2D eigenvalue weighted by Crippen LogP contribution is 2.44. The maximum Gasteiger partial charge on any atom is 0.111 e. The second-order valence-corrected chi connectivity index (χ2v) is 4.49. The van der Waals surface area contributed by atoms with Crippen LogP contribution in [0.15, 0.2) is 0 Å². The van der Waals surface area contributed by atoms with Crippen LogP contribution in [0, 0.1) is 0 Å². The van der Waals surface area contributed by atoms with Crippen molar-refractivity contribution < 1.29 is 0 Å². The van der Waals surface area contributed by atoms with Gasteiger partial charge in [0.1, 0.15) is 14.6 Å². The van der Waals surface area contributed by atoms with Crippen LogP contribution < -0.4 is 0 Å². The highest BCUT2D eigenvalue weighted by atomic mass is 14.2. The molecule has 12 heavy (non-hydrogen) atoms. The summed E-state index contributed by atoms with van der Waals surface area (Å²) in [5, 5.41) is 0.517. The lowest BCUT2D eigenvalue weighted by atomic mass is 9.31. The first kappa shape index (κ1) is 10.2. The minimum atomic E-state index is 0.517. The normalized spacial score (nSPS) is 29.0. The Labute approximate surface area is 79.0 Å². The number of rotatable bonds is 4. The summed E-state index contributed by atoms with van der Waals surface area (Å²) in [5.74, 6) is 0.742. The monoisotopic (exact) mass is 162 g/mol. The van der Waals surface area contributed by atoms with Crippen LogP contribution in [-0.2, 0) is 0 Å². The van der Waals surface area contributed by atoms with Gasteiger partial charge in [0, 0.05) is 0 Å². The van der Waals surface area contributed by atoms with E-state index in [1.165, 1.54) is 32.0 Å². The van der Waals surface area contributed by atoms with Crippen LogP contribution in [0.25, 0.3) is 0 Å². The molecule has 0 aliphatic carbocycles. The van der Waals surface area contributed by atoms with E-state index in [-0.39, 0.29) is 0 Å². The summed E-state index contributed by atoms with van der Waals surface area (Å²) < 4.78 is 0. The fourth-order valence-electron chi connectivity index (χ4n) is 2.51. The summed E-state index contributed by atoms with van der Waals surface area (Å²) in [6.45, 7) is 6.88. The molecule has 1 fully saturated rings. The minimum absolute atomic E-state index is 0.517. The van der Waals surface area contributed by atoms with Gasteiger partial charge in [-0.3, -0.25) is 0 Å². The van der Waals surface area contributed by atoms with E-state index in [4.69, 9.17) is 0 Å². The summed E-state index contributed by atoms with van der Waals surface area (Å²) in [6, 6.07) is 0. The lowest BCUT2D eigenvalue weighted by Gasteiger charge is -2.29. The molecule has 2 heteroatoms.